The summed E-state index contributed by atoms with van der Waals surface area (Å²) in [5.41, 5.74) is 5.50. The predicted molar refractivity (Wildman–Crippen MR) is 61.6 cm³/mol. The number of nitrogens with zero attached hydrogens (tertiary/aromatic N) is 2. The first-order chi connectivity index (χ1) is 7.75. The molecule has 2 heterocycles. The van der Waals surface area contributed by atoms with Gasteiger partial charge in [0, 0.05) is 23.1 Å². The fourth-order valence-corrected chi connectivity index (χ4v) is 1.39. The number of rotatable bonds is 3. The number of anilines is 1. The molecule has 0 bridgehead atoms. The Balaban J connectivity index is 1.94. The van der Waals surface area contributed by atoms with Gasteiger partial charge in [0.2, 0.25) is 5.95 Å². The quantitative estimate of drug-likeness (QED) is 0.741. The van der Waals surface area contributed by atoms with Crippen molar-refractivity contribution in [1.82, 2.24) is 20.4 Å². The molecule has 0 saturated heterocycles. The second kappa shape index (κ2) is 4.75. The topological polar surface area (TPSA) is 82.7 Å². The maximum atomic E-state index is 11.6. The molecule has 82 valence electrons. The third-order valence-electron chi connectivity index (χ3n) is 1.75. The molecule has 0 saturated carbocycles. The number of carbonyl (C=O) groups is 1. The van der Waals surface area contributed by atoms with Crippen molar-refractivity contribution in [2.75, 3.05) is 5.43 Å². The number of H-pyrrole nitrogens is 1. The number of hydrogen-bond acceptors (Lipinski definition) is 4. The van der Waals surface area contributed by atoms with E-state index in [1.165, 1.54) is 0 Å². The largest absolute Gasteiger partial charge is 0.356 e. The lowest BCUT2D eigenvalue weighted by Crippen LogP contribution is -2.30. The first kappa shape index (κ1) is 10.6. The summed E-state index contributed by atoms with van der Waals surface area (Å²) in [6.07, 6.45) is 4.83. The van der Waals surface area contributed by atoms with E-state index in [0.29, 0.717) is 11.6 Å². The molecule has 0 atom stereocenters. The van der Waals surface area contributed by atoms with Gasteiger partial charge in [0.25, 0.3) is 5.91 Å². The van der Waals surface area contributed by atoms with Crippen molar-refractivity contribution in [2.24, 2.45) is 0 Å². The number of aromatic amines is 1. The highest BCUT2D eigenvalue weighted by Crippen LogP contribution is 2.10. The number of carbonyl (C=O) groups excluding carboxylic acids is 1. The highest BCUT2D eigenvalue weighted by atomic mass is 79.9. The van der Waals surface area contributed by atoms with Crippen LogP contribution >= 0.6 is 15.9 Å². The fourth-order valence-electron chi connectivity index (χ4n) is 1.04. The first-order valence-corrected chi connectivity index (χ1v) is 5.22. The summed E-state index contributed by atoms with van der Waals surface area (Å²) in [5.74, 6) is 0.0413. The normalized spacial score (nSPS) is 9.81. The molecule has 2 aromatic rings. The average Bonchev–Trinajstić information content (AvgIpc) is 2.74. The summed E-state index contributed by atoms with van der Waals surface area (Å²) >= 11 is 3.24. The SMILES string of the molecule is O=C(NNc1ncccn1)c1cc(Br)c[nH]1. The molecule has 3 N–H and O–H groups in total. The highest BCUT2D eigenvalue weighted by Gasteiger charge is 2.07. The van der Waals surface area contributed by atoms with Crippen LogP contribution in [-0.4, -0.2) is 20.9 Å². The number of hydrazine groups is 1. The van der Waals surface area contributed by atoms with Crippen LogP contribution in [0.2, 0.25) is 0 Å². The van der Waals surface area contributed by atoms with Crippen molar-refractivity contribution in [1.29, 1.82) is 0 Å². The van der Waals surface area contributed by atoms with E-state index in [9.17, 15) is 4.79 Å². The minimum Gasteiger partial charge on any atom is -0.356 e. The molecule has 0 aliphatic rings. The molecule has 16 heavy (non-hydrogen) atoms. The van der Waals surface area contributed by atoms with E-state index in [4.69, 9.17) is 0 Å². The molecule has 0 radical (unpaired) electrons. The van der Waals surface area contributed by atoms with Gasteiger partial charge in [0.1, 0.15) is 5.69 Å². The number of nitrogens with one attached hydrogen (secondary N) is 3. The first-order valence-electron chi connectivity index (χ1n) is 4.43. The second-order valence-corrected chi connectivity index (χ2v) is 3.80. The van der Waals surface area contributed by atoms with E-state index >= 15 is 0 Å². The molecule has 7 heteroatoms. The van der Waals surface area contributed by atoms with Gasteiger partial charge in [-0.15, -0.1) is 0 Å². The Morgan fingerprint density at radius 1 is 1.38 bits per heavy atom. The van der Waals surface area contributed by atoms with Crippen molar-refractivity contribution in [2.45, 2.75) is 0 Å². The summed E-state index contributed by atoms with van der Waals surface area (Å²) in [6, 6.07) is 3.36. The summed E-state index contributed by atoms with van der Waals surface area (Å²) in [7, 11) is 0. The monoisotopic (exact) mass is 281 g/mol. The Bertz CT molecular complexity index is 484. The smallest absolute Gasteiger partial charge is 0.286 e. The molecule has 0 unspecified atom stereocenters. The maximum Gasteiger partial charge on any atom is 0.286 e. The summed E-state index contributed by atoms with van der Waals surface area (Å²) in [4.78, 5) is 22.1. The molecule has 2 aromatic heterocycles. The maximum absolute atomic E-state index is 11.6. The molecule has 0 aromatic carbocycles. The zero-order valence-electron chi connectivity index (χ0n) is 8.07. The zero-order chi connectivity index (χ0) is 11.4. The van der Waals surface area contributed by atoms with Crippen LogP contribution in [0.5, 0.6) is 0 Å². The van der Waals surface area contributed by atoms with Gasteiger partial charge in [-0.25, -0.2) is 9.97 Å². The fraction of sp³-hybridized carbons (Fsp3) is 0. The van der Waals surface area contributed by atoms with Gasteiger partial charge < -0.3 is 4.98 Å². The molecule has 0 aliphatic heterocycles. The van der Waals surface area contributed by atoms with Gasteiger partial charge in [0.05, 0.1) is 0 Å². The van der Waals surface area contributed by atoms with E-state index in [2.05, 4.69) is 41.7 Å². The Hall–Kier alpha value is -1.89. The summed E-state index contributed by atoms with van der Waals surface area (Å²) < 4.78 is 0.814. The molecule has 0 spiro atoms. The van der Waals surface area contributed by atoms with Crippen LogP contribution in [0.15, 0.2) is 35.2 Å². The van der Waals surface area contributed by atoms with Crippen molar-refractivity contribution < 1.29 is 4.79 Å². The van der Waals surface area contributed by atoms with Gasteiger partial charge in [0.15, 0.2) is 0 Å². The minimum absolute atomic E-state index is 0.293. The molecule has 1 amide bonds. The van der Waals surface area contributed by atoms with Crippen LogP contribution in [0.25, 0.3) is 0 Å². The van der Waals surface area contributed by atoms with Crippen LogP contribution in [0, 0.1) is 0 Å². The summed E-state index contributed by atoms with van der Waals surface area (Å²) in [5, 5.41) is 0. The Morgan fingerprint density at radius 2 is 2.12 bits per heavy atom. The number of aromatic nitrogens is 3. The lowest BCUT2D eigenvalue weighted by atomic mass is 10.4. The van der Waals surface area contributed by atoms with Gasteiger partial charge in [-0.05, 0) is 28.1 Å². The van der Waals surface area contributed by atoms with Crippen molar-refractivity contribution in [3.63, 3.8) is 0 Å². The van der Waals surface area contributed by atoms with E-state index < -0.39 is 0 Å². The van der Waals surface area contributed by atoms with E-state index in [1.807, 2.05) is 0 Å². The van der Waals surface area contributed by atoms with Crippen molar-refractivity contribution in [3.8, 4) is 0 Å². The van der Waals surface area contributed by atoms with Gasteiger partial charge in [-0.2, -0.15) is 0 Å². The standard InChI is InChI=1S/C9H8BrN5O/c10-6-4-7(13-5-6)8(16)14-15-9-11-2-1-3-12-9/h1-5,13H,(H,14,16)(H,11,12,15). The average molecular weight is 282 g/mol. The third kappa shape index (κ3) is 2.57. The number of halogens is 1. The van der Waals surface area contributed by atoms with Crippen LogP contribution < -0.4 is 10.9 Å². The molecule has 0 fully saturated rings. The molecular formula is C9H8BrN5O. The zero-order valence-corrected chi connectivity index (χ0v) is 9.65. The van der Waals surface area contributed by atoms with Crippen molar-refractivity contribution in [3.05, 3.63) is 40.9 Å². The highest BCUT2D eigenvalue weighted by molar-refractivity contribution is 9.10. The molecule has 6 nitrogen and oxygen atoms in total. The van der Waals surface area contributed by atoms with Crippen LogP contribution in [0.3, 0.4) is 0 Å². The lowest BCUT2D eigenvalue weighted by molar-refractivity contribution is 0.0958. The molecule has 0 aliphatic carbocycles. The number of hydrogen-bond donors (Lipinski definition) is 3. The second-order valence-electron chi connectivity index (χ2n) is 2.88. The van der Waals surface area contributed by atoms with Gasteiger partial charge in [-0.1, -0.05) is 0 Å². The predicted octanol–water partition coefficient (Wildman–Crippen LogP) is 1.32. The van der Waals surface area contributed by atoms with Crippen LogP contribution in [0.1, 0.15) is 10.5 Å². The van der Waals surface area contributed by atoms with E-state index in [0.717, 1.165) is 4.47 Å². The lowest BCUT2D eigenvalue weighted by Gasteiger charge is -2.04. The van der Waals surface area contributed by atoms with E-state index in [-0.39, 0.29) is 5.91 Å². The van der Waals surface area contributed by atoms with Crippen LogP contribution in [0.4, 0.5) is 5.95 Å². The Labute approximate surface area is 99.6 Å². The van der Waals surface area contributed by atoms with E-state index in [1.54, 1.807) is 30.7 Å². The Morgan fingerprint density at radius 3 is 2.75 bits per heavy atom. The Kier molecular flexibility index (Phi) is 3.16. The van der Waals surface area contributed by atoms with Gasteiger partial charge >= 0.3 is 0 Å². The summed E-state index contributed by atoms with van der Waals surface area (Å²) in [6.45, 7) is 0. The van der Waals surface area contributed by atoms with Crippen molar-refractivity contribution >= 4 is 27.8 Å². The third-order valence-corrected chi connectivity index (χ3v) is 2.20. The molecule has 2 rings (SSSR count). The number of amides is 1. The minimum atomic E-state index is -0.293. The van der Waals surface area contributed by atoms with Crippen LogP contribution in [-0.2, 0) is 0 Å². The van der Waals surface area contributed by atoms with Gasteiger partial charge in [-0.3, -0.25) is 15.6 Å². The molecular weight excluding hydrogens is 274 g/mol.